The minimum atomic E-state index is -0.675. The number of piperazine rings is 1. The Kier molecular flexibility index (Phi) is 6.79. The van der Waals surface area contributed by atoms with Gasteiger partial charge in [0.15, 0.2) is 6.10 Å². The van der Waals surface area contributed by atoms with E-state index < -0.39 is 11.9 Å². The standard InChI is InChI=1S/C25H25ClFN3O3/c1-3-24(31)29-10-12-30(13-11-29)25(32)16(2)33-18-5-7-21-19(8-9-28-23(21)15-18)20-6-4-17(27)14-22(20)26/h4-9,14-16H,3,10-13H2,1-2H3. The smallest absolute Gasteiger partial charge is 0.263 e. The number of hydrogen-bond donors (Lipinski definition) is 0. The van der Waals surface area contributed by atoms with Gasteiger partial charge < -0.3 is 14.5 Å². The normalized spacial score (nSPS) is 14.9. The molecule has 1 aliphatic rings. The Hall–Kier alpha value is -3.19. The van der Waals surface area contributed by atoms with Crippen LogP contribution in [0.2, 0.25) is 5.02 Å². The molecule has 0 radical (unpaired) electrons. The molecule has 1 atom stereocenters. The number of pyridine rings is 1. The van der Waals surface area contributed by atoms with Gasteiger partial charge in [-0.25, -0.2) is 4.39 Å². The van der Waals surface area contributed by atoms with Crippen LogP contribution in [-0.2, 0) is 9.59 Å². The lowest BCUT2D eigenvalue weighted by atomic mass is 10.0. The Bertz CT molecular complexity index is 1190. The topological polar surface area (TPSA) is 62.7 Å². The molecule has 2 heterocycles. The Morgan fingerprint density at radius 3 is 2.48 bits per heavy atom. The van der Waals surface area contributed by atoms with Crippen molar-refractivity contribution in [2.75, 3.05) is 26.2 Å². The SMILES string of the molecule is CCC(=O)N1CCN(C(=O)C(C)Oc2ccc3c(-c4ccc(F)cc4Cl)ccnc3c2)CC1. The number of carbonyl (C=O) groups excluding carboxylic acids is 2. The van der Waals surface area contributed by atoms with Gasteiger partial charge in [0.25, 0.3) is 5.91 Å². The van der Waals surface area contributed by atoms with Crippen LogP contribution in [0.25, 0.3) is 22.0 Å². The second-order valence-electron chi connectivity index (χ2n) is 7.98. The maximum Gasteiger partial charge on any atom is 0.263 e. The first-order valence-electron chi connectivity index (χ1n) is 10.9. The van der Waals surface area contributed by atoms with Crippen molar-refractivity contribution in [2.45, 2.75) is 26.4 Å². The summed E-state index contributed by atoms with van der Waals surface area (Å²) in [4.78, 5) is 32.6. The Morgan fingerprint density at radius 1 is 1.06 bits per heavy atom. The van der Waals surface area contributed by atoms with Gasteiger partial charge in [0.05, 0.1) is 10.5 Å². The first kappa shape index (κ1) is 23.0. The second-order valence-corrected chi connectivity index (χ2v) is 8.39. The van der Waals surface area contributed by atoms with Crippen molar-refractivity contribution in [3.63, 3.8) is 0 Å². The average Bonchev–Trinajstić information content (AvgIpc) is 2.82. The maximum absolute atomic E-state index is 13.5. The zero-order valence-corrected chi connectivity index (χ0v) is 19.3. The number of fused-ring (bicyclic) bond motifs is 1. The first-order valence-corrected chi connectivity index (χ1v) is 11.3. The van der Waals surface area contributed by atoms with Crippen LogP contribution in [0.3, 0.4) is 0 Å². The molecule has 1 aliphatic heterocycles. The molecule has 3 aromatic rings. The van der Waals surface area contributed by atoms with Crippen LogP contribution >= 0.6 is 11.6 Å². The summed E-state index contributed by atoms with van der Waals surface area (Å²) < 4.78 is 19.4. The third kappa shape index (κ3) is 4.93. The molecular formula is C25H25ClFN3O3. The van der Waals surface area contributed by atoms with Crippen molar-refractivity contribution in [3.8, 4) is 16.9 Å². The fraction of sp³-hybridized carbons (Fsp3) is 0.320. The maximum atomic E-state index is 13.5. The molecule has 0 N–H and O–H groups in total. The number of aromatic nitrogens is 1. The molecule has 0 aliphatic carbocycles. The van der Waals surface area contributed by atoms with Crippen LogP contribution < -0.4 is 4.74 Å². The van der Waals surface area contributed by atoms with E-state index in [2.05, 4.69) is 4.98 Å². The zero-order valence-electron chi connectivity index (χ0n) is 18.6. The number of rotatable bonds is 5. The van der Waals surface area contributed by atoms with Gasteiger partial charge in [0, 0.05) is 55.8 Å². The van der Waals surface area contributed by atoms with Crippen LogP contribution in [0.5, 0.6) is 5.75 Å². The summed E-state index contributed by atoms with van der Waals surface area (Å²) in [5.74, 6) is 0.127. The van der Waals surface area contributed by atoms with Gasteiger partial charge in [0.2, 0.25) is 5.91 Å². The second kappa shape index (κ2) is 9.75. The molecule has 172 valence electrons. The lowest BCUT2D eigenvalue weighted by molar-refractivity contribution is -0.143. The van der Waals surface area contributed by atoms with Crippen molar-refractivity contribution < 1.29 is 18.7 Å². The molecule has 4 rings (SSSR count). The molecule has 0 spiro atoms. The highest BCUT2D eigenvalue weighted by Gasteiger charge is 2.27. The quantitative estimate of drug-likeness (QED) is 0.550. The van der Waals surface area contributed by atoms with Crippen LogP contribution in [-0.4, -0.2) is 58.9 Å². The van der Waals surface area contributed by atoms with E-state index >= 15 is 0 Å². The van der Waals surface area contributed by atoms with E-state index in [4.69, 9.17) is 16.3 Å². The Labute approximate surface area is 196 Å². The molecule has 6 nitrogen and oxygen atoms in total. The van der Waals surface area contributed by atoms with E-state index in [9.17, 15) is 14.0 Å². The van der Waals surface area contributed by atoms with Gasteiger partial charge in [-0.3, -0.25) is 14.6 Å². The zero-order chi connectivity index (χ0) is 23.5. The number of amides is 2. The van der Waals surface area contributed by atoms with Gasteiger partial charge in [0.1, 0.15) is 11.6 Å². The van der Waals surface area contributed by atoms with Crippen molar-refractivity contribution in [1.82, 2.24) is 14.8 Å². The molecule has 33 heavy (non-hydrogen) atoms. The van der Waals surface area contributed by atoms with E-state index in [-0.39, 0.29) is 11.8 Å². The van der Waals surface area contributed by atoms with E-state index in [1.165, 1.54) is 12.1 Å². The molecular weight excluding hydrogens is 445 g/mol. The highest BCUT2D eigenvalue weighted by atomic mass is 35.5. The van der Waals surface area contributed by atoms with E-state index in [0.717, 1.165) is 10.9 Å². The highest BCUT2D eigenvalue weighted by molar-refractivity contribution is 6.33. The van der Waals surface area contributed by atoms with Crippen LogP contribution in [0.1, 0.15) is 20.3 Å². The number of carbonyl (C=O) groups is 2. The number of nitrogens with zero attached hydrogens (tertiary/aromatic N) is 3. The van der Waals surface area contributed by atoms with Crippen molar-refractivity contribution in [2.24, 2.45) is 0 Å². The van der Waals surface area contributed by atoms with Gasteiger partial charge in [-0.15, -0.1) is 0 Å². The monoisotopic (exact) mass is 469 g/mol. The predicted molar refractivity (Wildman–Crippen MR) is 126 cm³/mol. The summed E-state index contributed by atoms with van der Waals surface area (Å²) in [5.41, 5.74) is 2.22. The number of ether oxygens (including phenoxy) is 1. The molecule has 1 saturated heterocycles. The van der Waals surface area contributed by atoms with Crippen LogP contribution in [0, 0.1) is 5.82 Å². The minimum Gasteiger partial charge on any atom is -0.481 e. The van der Waals surface area contributed by atoms with Gasteiger partial charge in [-0.2, -0.15) is 0 Å². The fourth-order valence-corrected chi connectivity index (χ4v) is 4.32. The molecule has 1 unspecified atom stereocenters. The molecule has 1 fully saturated rings. The Balaban J connectivity index is 1.48. The first-order chi connectivity index (χ1) is 15.9. The molecule has 8 heteroatoms. The summed E-state index contributed by atoms with van der Waals surface area (Å²) in [7, 11) is 0. The number of halogens is 2. The molecule has 1 aromatic heterocycles. The third-order valence-corrected chi connectivity index (χ3v) is 6.16. The lowest BCUT2D eigenvalue weighted by Gasteiger charge is -2.35. The molecule has 0 saturated carbocycles. The summed E-state index contributed by atoms with van der Waals surface area (Å²) in [6.07, 6.45) is 1.45. The summed E-state index contributed by atoms with van der Waals surface area (Å²) in [6.45, 7) is 5.64. The summed E-state index contributed by atoms with van der Waals surface area (Å²) >= 11 is 6.26. The van der Waals surface area contributed by atoms with E-state index in [0.29, 0.717) is 54.5 Å². The van der Waals surface area contributed by atoms with Crippen molar-refractivity contribution in [1.29, 1.82) is 0 Å². The Morgan fingerprint density at radius 2 is 1.79 bits per heavy atom. The summed E-state index contributed by atoms with van der Waals surface area (Å²) in [6, 6.07) is 11.5. The van der Waals surface area contributed by atoms with Crippen molar-refractivity contribution in [3.05, 3.63) is 59.5 Å². The summed E-state index contributed by atoms with van der Waals surface area (Å²) in [5, 5.41) is 1.16. The van der Waals surface area contributed by atoms with Gasteiger partial charge >= 0.3 is 0 Å². The third-order valence-electron chi connectivity index (χ3n) is 5.84. The predicted octanol–water partition coefficient (Wildman–Crippen LogP) is 4.54. The van der Waals surface area contributed by atoms with Crippen molar-refractivity contribution >= 4 is 34.3 Å². The van der Waals surface area contributed by atoms with E-state index in [1.807, 2.05) is 19.1 Å². The number of hydrogen-bond acceptors (Lipinski definition) is 4. The molecule has 2 aromatic carbocycles. The van der Waals surface area contributed by atoms with Crippen LogP contribution in [0.4, 0.5) is 4.39 Å². The highest BCUT2D eigenvalue weighted by Crippen LogP contribution is 2.34. The molecule has 2 amide bonds. The average molecular weight is 470 g/mol. The van der Waals surface area contributed by atoms with Crippen LogP contribution in [0.15, 0.2) is 48.7 Å². The van der Waals surface area contributed by atoms with E-state index in [1.54, 1.807) is 41.1 Å². The number of benzene rings is 2. The fourth-order valence-electron chi connectivity index (χ4n) is 4.06. The lowest BCUT2D eigenvalue weighted by Crippen LogP contribution is -2.53. The van der Waals surface area contributed by atoms with Gasteiger partial charge in [-0.05, 0) is 48.9 Å². The largest absolute Gasteiger partial charge is 0.481 e. The van der Waals surface area contributed by atoms with Gasteiger partial charge in [-0.1, -0.05) is 18.5 Å². The molecule has 0 bridgehead atoms. The minimum absolute atomic E-state index is 0.108.